The molecule has 0 aromatic heterocycles. The van der Waals surface area contributed by atoms with E-state index in [0.717, 1.165) is 12.6 Å². The van der Waals surface area contributed by atoms with Gasteiger partial charge in [0.25, 0.3) is 0 Å². The molecule has 2 heteroatoms. The van der Waals surface area contributed by atoms with Crippen LogP contribution in [0.15, 0.2) is 35.3 Å². The molecule has 1 aliphatic rings. The van der Waals surface area contributed by atoms with Gasteiger partial charge in [0.1, 0.15) is 0 Å². The van der Waals surface area contributed by atoms with Crippen molar-refractivity contribution in [3.05, 3.63) is 31.5 Å². The molecule has 0 aromatic rings. The summed E-state index contributed by atoms with van der Waals surface area (Å²) in [6, 6.07) is 0. The van der Waals surface area contributed by atoms with Crippen molar-refractivity contribution < 1.29 is 0 Å². The van der Waals surface area contributed by atoms with E-state index in [2.05, 4.69) is 30.1 Å². The first-order valence-corrected chi connectivity index (χ1v) is 5.50. The van der Waals surface area contributed by atoms with E-state index in [4.69, 9.17) is 0 Å². The summed E-state index contributed by atoms with van der Waals surface area (Å²) in [7, 11) is 0. The Bertz CT molecular complexity index is 254. The van der Waals surface area contributed by atoms with Crippen LogP contribution in [-0.2, 0) is 0 Å². The van der Waals surface area contributed by atoms with Crippen LogP contribution >= 0.6 is 0 Å². The molecule has 0 bridgehead atoms. The summed E-state index contributed by atoms with van der Waals surface area (Å²) in [5, 5.41) is 0. The highest BCUT2D eigenvalue weighted by molar-refractivity contribution is 6.18. The van der Waals surface area contributed by atoms with Crippen LogP contribution in [0.1, 0.15) is 26.2 Å². The average Bonchev–Trinajstić information content (AvgIpc) is 2.77. The predicted molar refractivity (Wildman–Crippen MR) is 67.1 cm³/mol. The topological polar surface area (TPSA) is 24.7 Å². The van der Waals surface area contributed by atoms with Gasteiger partial charge in [0.05, 0.1) is 5.92 Å². The van der Waals surface area contributed by atoms with Gasteiger partial charge in [0.2, 0.25) is 6.17 Å². The largest absolute Gasteiger partial charge is 0.247 e. The van der Waals surface area contributed by atoms with Crippen molar-refractivity contribution >= 4 is 12.4 Å². The Labute approximate surface area is 92.5 Å². The van der Waals surface area contributed by atoms with Gasteiger partial charge >= 0.3 is 0 Å². The van der Waals surface area contributed by atoms with Crippen molar-refractivity contribution in [2.75, 3.05) is 0 Å². The van der Waals surface area contributed by atoms with Crippen LogP contribution < -0.4 is 0 Å². The van der Waals surface area contributed by atoms with Crippen molar-refractivity contribution in [3.8, 4) is 0 Å². The third kappa shape index (κ3) is 3.39. The average molecular weight is 203 g/mol. The Morgan fingerprint density at radius 2 is 1.93 bits per heavy atom. The standard InChI is InChI=1S/C13H19N2/c1-4-7-11(5-2)10-12(6-3)13-14-8-9-15-13/h5-6,8-9,11-12H,2-4,7,10H2,1H3/q+1. The molecule has 0 spiro atoms. The number of rotatable bonds is 7. The molecule has 15 heavy (non-hydrogen) atoms. The van der Waals surface area contributed by atoms with Crippen LogP contribution in [0.2, 0.25) is 0 Å². The summed E-state index contributed by atoms with van der Waals surface area (Å²) in [5.41, 5.74) is 0. The molecular weight excluding hydrogens is 184 g/mol. The van der Waals surface area contributed by atoms with Gasteiger partial charge in [-0.25, -0.2) is 0 Å². The highest BCUT2D eigenvalue weighted by Crippen LogP contribution is 2.29. The van der Waals surface area contributed by atoms with Crippen molar-refractivity contribution in [1.82, 2.24) is 0 Å². The Hall–Kier alpha value is -1.31. The van der Waals surface area contributed by atoms with Gasteiger partial charge in [-0.2, -0.15) is 0 Å². The van der Waals surface area contributed by atoms with Crippen LogP contribution in [0.5, 0.6) is 0 Å². The van der Waals surface area contributed by atoms with E-state index in [0.29, 0.717) is 5.92 Å². The summed E-state index contributed by atoms with van der Waals surface area (Å²) in [5.74, 6) is 0.797. The molecule has 0 aliphatic carbocycles. The first-order chi connectivity index (χ1) is 7.31. The summed E-state index contributed by atoms with van der Waals surface area (Å²) < 4.78 is 0. The number of allylic oxidation sites excluding steroid dienone is 1. The van der Waals surface area contributed by atoms with Gasteiger partial charge in [0, 0.05) is 0 Å². The van der Waals surface area contributed by atoms with Gasteiger partial charge in [-0.3, -0.25) is 0 Å². The third-order valence-corrected chi connectivity index (χ3v) is 2.65. The lowest BCUT2D eigenvalue weighted by Crippen LogP contribution is -2.10. The number of hydrogen-bond acceptors (Lipinski definition) is 2. The molecule has 2 atom stereocenters. The van der Waals surface area contributed by atoms with E-state index in [-0.39, 0.29) is 5.92 Å². The molecule has 0 N–H and O–H groups in total. The van der Waals surface area contributed by atoms with Crippen LogP contribution in [0.25, 0.3) is 0 Å². The van der Waals surface area contributed by atoms with E-state index in [1.807, 2.05) is 12.2 Å². The quantitative estimate of drug-likeness (QED) is 0.447. The third-order valence-electron chi connectivity index (χ3n) is 2.65. The van der Waals surface area contributed by atoms with Crippen LogP contribution in [0, 0.1) is 18.0 Å². The van der Waals surface area contributed by atoms with E-state index in [1.54, 1.807) is 12.4 Å². The fourth-order valence-electron chi connectivity index (χ4n) is 1.78. The minimum atomic E-state index is 0.259. The molecule has 0 aromatic carbocycles. The second-order valence-corrected chi connectivity index (χ2v) is 3.78. The molecule has 0 fully saturated rings. The SMILES string of the molecule is C=CC(CCC)CC(C=C)[C+]1N=CC=N1. The van der Waals surface area contributed by atoms with Crippen molar-refractivity contribution in [2.24, 2.45) is 21.8 Å². The zero-order valence-electron chi connectivity index (χ0n) is 9.39. The van der Waals surface area contributed by atoms with E-state index >= 15 is 0 Å². The Balaban J connectivity index is 2.51. The summed E-state index contributed by atoms with van der Waals surface area (Å²) in [6.07, 6.45) is 11.7. The highest BCUT2D eigenvalue weighted by Gasteiger charge is 2.27. The predicted octanol–water partition coefficient (Wildman–Crippen LogP) is 3.43. The van der Waals surface area contributed by atoms with Crippen molar-refractivity contribution in [2.45, 2.75) is 26.2 Å². The normalized spacial score (nSPS) is 17.8. The van der Waals surface area contributed by atoms with Crippen LogP contribution in [0.4, 0.5) is 0 Å². The molecule has 1 rings (SSSR count). The molecule has 1 aliphatic heterocycles. The molecule has 1 heterocycles. The fourth-order valence-corrected chi connectivity index (χ4v) is 1.78. The van der Waals surface area contributed by atoms with E-state index in [9.17, 15) is 0 Å². The summed E-state index contributed by atoms with van der Waals surface area (Å²) in [4.78, 5) is 8.44. The molecule has 0 radical (unpaired) electrons. The number of hydrogen-bond donors (Lipinski definition) is 0. The zero-order valence-corrected chi connectivity index (χ0v) is 9.39. The lowest BCUT2D eigenvalue weighted by atomic mass is 9.89. The summed E-state index contributed by atoms with van der Waals surface area (Å²) in [6.45, 7) is 9.92. The van der Waals surface area contributed by atoms with E-state index < -0.39 is 0 Å². The van der Waals surface area contributed by atoms with E-state index in [1.165, 1.54) is 12.8 Å². The van der Waals surface area contributed by atoms with Gasteiger partial charge in [0.15, 0.2) is 12.4 Å². The van der Waals surface area contributed by atoms with Gasteiger partial charge in [-0.15, -0.1) is 13.2 Å². The monoisotopic (exact) mass is 203 g/mol. The number of nitrogens with zero attached hydrogens (tertiary/aromatic N) is 2. The molecule has 0 saturated heterocycles. The number of aliphatic imine (C=N–C) groups is 2. The Kier molecular flexibility index (Phi) is 4.88. The smallest absolute Gasteiger partial charge is 0.103 e. The van der Waals surface area contributed by atoms with Crippen LogP contribution in [-0.4, -0.2) is 12.4 Å². The maximum atomic E-state index is 4.22. The van der Waals surface area contributed by atoms with Gasteiger partial charge < -0.3 is 0 Å². The van der Waals surface area contributed by atoms with Gasteiger partial charge in [-0.05, 0) is 18.8 Å². The van der Waals surface area contributed by atoms with Crippen LogP contribution in [0.3, 0.4) is 0 Å². The highest BCUT2D eigenvalue weighted by atomic mass is 15.0. The first-order valence-electron chi connectivity index (χ1n) is 5.50. The molecular formula is C13H19N2+. The minimum absolute atomic E-state index is 0.259. The maximum Gasteiger partial charge on any atom is 0.247 e. The second-order valence-electron chi connectivity index (χ2n) is 3.78. The molecule has 0 amide bonds. The lowest BCUT2D eigenvalue weighted by molar-refractivity contribution is 0.459. The molecule has 80 valence electrons. The molecule has 0 saturated carbocycles. The Morgan fingerprint density at radius 1 is 1.27 bits per heavy atom. The lowest BCUT2D eigenvalue weighted by Gasteiger charge is -2.15. The molecule has 2 nitrogen and oxygen atoms in total. The fraction of sp³-hybridized carbons (Fsp3) is 0.462. The zero-order chi connectivity index (χ0) is 11.1. The summed E-state index contributed by atoms with van der Waals surface area (Å²) >= 11 is 0. The maximum absolute atomic E-state index is 4.22. The molecule has 2 unspecified atom stereocenters. The van der Waals surface area contributed by atoms with Crippen molar-refractivity contribution in [3.63, 3.8) is 0 Å². The van der Waals surface area contributed by atoms with Gasteiger partial charge in [-0.1, -0.05) is 35.5 Å². The Morgan fingerprint density at radius 3 is 2.40 bits per heavy atom. The minimum Gasteiger partial charge on any atom is -0.103 e. The van der Waals surface area contributed by atoms with Crippen molar-refractivity contribution in [1.29, 1.82) is 0 Å². The first kappa shape index (κ1) is 11.8. The second kappa shape index (κ2) is 6.23.